The van der Waals surface area contributed by atoms with Gasteiger partial charge in [0.15, 0.2) is 0 Å². The van der Waals surface area contributed by atoms with Gasteiger partial charge in [0.2, 0.25) is 0 Å². The molecule has 0 unspecified atom stereocenters. The predicted octanol–water partition coefficient (Wildman–Crippen LogP) is 3.86. The van der Waals surface area contributed by atoms with Gasteiger partial charge in [-0.05, 0) is 18.1 Å². The first-order valence-corrected chi connectivity index (χ1v) is 8.40. The third-order valence-electron chi connectivity index (χ3n) is 3.14. The number of esters is 1. The number of alkyl halides is 2. The Morgan fingerprint density at radius 2 is 1.86 bits per heavy atom. The van der Waals surface area contributed by atoms with E-state index in [4.69, 9.17) is 27.9 Å². The molecule has 0 N–H and O–H groups in total. The predicted molar refractivity (Wildman–Crippen MR) is 89.7 cm³/mol. The number of carbonyl (C=O) groups excluding carboxylic acids is 1. The van der Waals surface area contributed by atoms with Gasteiger partial charge in [0.25, 0.3) is 0 Å². The lowest BCUT2D eigenvalue weighted by Crippen LogP contribution is -2.29. The number of hydrogen-bond acceptors (Lipinski definition) is 3. The molecule has 0 bridgehead atoms. The second kappa shape index (κ2) is 10.7. The zero-order chi connectivity index (χ0) is 15.5. The Bertz CT molecular complexity index is 420. The number of unbranched alkanes of at least 4 members (excludes halogenated alkanes) is 1. The summed E-state index contributed by atoms with van der Waals surface area (Å²) in [5.41, 5.74) is 1.96. The molecule has 5 heteroatoms. The van der Waals surface area contributed by atoms with Gasteiger partial charge in [-0.25, -0.2) is 0 Å². The molecule has 21 heavy (non-hydrogen) atoms. The van der Waals surface area contributed by atoms with E-state index in [1.54, 1.807) is 0 Å². The van der Waals surface area contributed by atoms with E-state index in [0.717, 1.165) is 24.1 Å². The molecule has 0 heterocycles. The summed E-state index contributed by atoms with van der Waals surface area (Å²) in [6.45, 7) is 3.97. The summed E-state index contributed by atoms with van der Waals surface area (Å²) in [4.78, 5) is 14.0. The summed E-state index contributed by atoms with van der Waals surface area (Å²) in [7, 11) is 0. The van der Waals surface area contributed by atoms with Crippen LogP contribution in [0.4, 0.5) is 5.69 Å². The van der Waals surface area contributed by atoms with Crippen molar-refractivity contribution in [3.8, 4) is 0 Å². The van der Waals surface area contributed by atoms with Crippen LogP contribution in [0.2, 0.25) is 0 Å². The molecule has 118 valence electrons. The first kappa shape index (κ1) is 18.1. The second-order valence-corrected chi connectivity index (χ2v) is 5.50. The third kappa shape index (κ3) is 6.58. The first-order chi connectivity index (χ1) is 10.2. The number of anilines is 1. The molecule has 1 rings (SSSR count). The monoisotopic (exact) mass is 331 g/mol. The van der Waals surface area contributed by atoms with Crippen molar-refractivity contribution in [2.45, 2.75) is 26.2 Å². The van der Waals surface area contributed by atoms with Gasteiger partial charge in [-0.2, -0.15) is 0 Å². The Morgan fingerprint density at radius 3 is 2.48 bits per heavy atom. The summed E-state index contributed by atoms with van der Waals surface area (Å²) in [5, 5.41) is 0. The molecule has 0 spiro atoms. The van der Waals surface area contributed by atoms with Gasteiger partial charge in [-0.3, -0.25) is 4.79 Å². The fourth-order valence-corrected chi connectivity index (χ4v) is 2.47. The normalized spacial score (nSPS) is 10.4. The van der Waals surface area contributed by atoms with Crippen LogP contribution in [-0.2, 0) is 16.0 Å². The second-order valence-electron chi connectivity index (χ2n) is 4.74. The molecular formula is C16H23Cl2NO2. The topological polar surface area (TPSA) is 29.5 Å². The highest BCUT2D eigenvalue weighted by molar-refractivity contribution is 6.18. The Balaban J connectivity index is 2.75. The molecule has 0 saturated heterocycles. The minimum absolute atomic E-state index is 0.187. The lowest BCUT2D eigenvalue weighted by atomic mass is 10.1. The van der Waals surface area contributed by atoms with Crippen molar-refractivity contribution >= 4 is 34.9 Å². The zero-order valence-electron chi connectivity index (χ0n) is 12.5. The fraction of sp³-hybridized carbons (Fsp3) is 0.562. The Kier molecular flexibility index (Phi) is 9.27. The Morgan fingerprint density at radius 1 is 1.19 bits per heavy atom. The maximum atomic E-state index is 11.9. The van der Waals surface area contributed by atoms with Crippen molar-refractivity contribution in [2.24, 2.45) is 0 Å². The SMILES string of the molecule is CCCCOC(=O)Cc1ccccc1N(CCCl)CCCl. The Hall–Kier alpha value is -0.930. The minimum Gasteiger partial charge on any atom is -0.465 e. The van der Waals surface area contributed by atoms with Gasteiger partial charge < -0.3 is 9.64 Å². The van der Waals surface area contributed by atoms with Crippen molar-refractivity contribution in [2.75, 3.05) is 36.4 Å². The van der Waals surface area contributed by atoms with Crippen LogP contribution in [-0.4, -0.2) is 37.4 Å². The van der Waals surface area contributed by atoms with Crippen molar-refractivity contribution in [1.82, 2.24) is 0 Å². The van der Waals surface area contributed by atoms with Crippen molar-refractivity contribution in [3.05, 3.63) is 29.8 Å². The lowest BCUT2D eigenvalue weighted by Gasteiger charge is -2.25. The van der Waals surface area contributed by atoms with Gasteiger partial charge in [-0.1, -0.05) is 31.5 Å². The van der Waals surface area contributed by atoms with Crippen LogP contribution in [0.25, 0.3) is 0 Å². The van der Waals surface area contributed by atoms with Crippen LogP contribution in [0, 0.1) is 0 Å². The van der Waals surface area contributed by atoms with Gasteiger partial charge in [0.05, 0.1) is 13.0 Å². The number of carbonyl (C=O) groups is 1. The smallest absolute Gasteiger partial charge is 0.310 e. The van der Waals surface area contributed by atoms with E-state index in [9.17, 15) is 4.79 Å². The molecule has 0 aliphatic carbocycles. The summed E-state index contributed by atoms with van der Waals surface area (Å²) in [6.07, 6.45) is 2.20. The van der Waals surface area contributed by atoms with Gasteiger partial charge in [0, 0.05) is 30.5 Å². The van der Waals surface area contributed by atoms with E-state index < -0.39 is 0 Å². The van der Waals surface area contributed by atoms with E-state index in [2.05, 4.69) is 11.8 Å². The van der Waals surface area contributed by atoms with Crippen LogP contribution in [0.5, 0.6) is 0 Å². The van der Waals surface area contributed by atoms with Crippen LogP contribution in [0.1, 0.15) is 25.3 Å². The summed E-state index contributed by atoms with van der Waals surface area (Å²) in [6, 6.07) is 7.83. The highest BCUT2D eigenvalue weighted by Gasteiger charge is 2.13. The van der Waals surface area contributed by atoms with E-state index in [1.165, 1.54) is 0 Å². The van der Waals surface area contributed by atoms with Gasteiger partial charge in [0.1, 0.15) is 0 Å². The van der Waals surface area contributed by atoms with Crippen LogP contribution in [0.15, 0.2) is 24.3 Å². The lowest BCUT2D eigenvalue weighted by molar-refractivity contribution is -0.142. The largest absolute Gasteiger partial charge is 0.465 e. The van der Waals surface area contributed by atoms with Crippen molar-refractivity contribution < 1.29 is 9.53 Å². The fourth-order valence-electron chi connectivity index (χ4n) is 2.06. The van der Waals surface area contributed by atoms with Crippen LogP contribution in [0.3, 0.4) is 0 Å². The highest BCUT2D eigenvalue weighted by atomic mass is 35.5. The van der Waals surface area contributed by atoms with E-state index >= 15 is 0 Å². The van der Waals surface area contributed by atoms with E-state index in [1.807, 2.05) is 24.3 Å². The van der Waals surface area contributed by atoms with Crippen LogP contribution < -0.4 is 4.90 Å². The highest BCUT2D eigenvalue weighted by Crippen LogP contribution is 2.21. The number of rotatable bonds is 10. The number of hydrogen-bond donors (Lipinski definition) is 0. The molecule has 0 aromatic heterocycles. The minimum atomic E-state index is -0.187. The Labute approximate surface area is 137 Å². The number of ether oxygens (including phenoxy) is 1. The summed E-state index contributed by atoms with van der Waals surface area (Å²) in [5.74, 6) is 0.853. The molecular weight excluding hydrogens is 309 g/mol. The molecule has 0 radical (unpaired) electrons. The summed E-state index contributed by atoms with van der Waals surface area (Å²) >= 11 is 11.7. The van der Waals surface area contributed by atoms with Gasteiger partial charge >= 0.3 is 5.97 Å². The van der Waals surface area contributed by atoms with E-state index in [0.29, 0.717) is 31.5 Å². The molecule has 0 aliphatic heterocycles. The average Bonchev–Trinajstić information content (AvgIpc) is 2.48. The molecule has 3 nitrogen and oxygen atoms in total. The zero-order valence-corrected chi connectivity index (χ0v) is 14.0. The molecule has 0 aliphatic rings. The maximum absolute atomic E-state index is 11.9. The number of benzene rings is 1. The number of halogens is 2. The average molecular weight is 332 g/mol. The van der Waals surface area contributed by atoms with Crippen molar-refractivity contribution in [3.63, 3.8) is 0 Å². The van der Waals surface area contributed by atoms with E-state index in [-0.39, 0.29) is 12.4 Å². The van der Waals surface area contributed by atoms with Gasteiger partial charge in [-0.15, -0.1) is 23.2 Å². The third-order valence-corrected chi connectivity index (χ3v) is 3.47. The molecule has 1 aromatic rings. The number of nitrogens with zero attached hydrogens (tertiary/aromatic N) is 1. The quantitative estimate of drug-likeness (QED) is 0.370. The molecule has 0 saturated carbocycles. The van der Waals surface area contributed by atoms with Crippen LogP contribution >= 0.6 is 23.2 Å². The maximum Gasteiger partial charge on any atom is 0.310 e. The molecule has 0 amide bonds. The number of para-hydroxylation sites is 1. The molecule has 1 aromatic carbocycles. The first-order valence-electron chi connectivity index (χ1n) is 7.33. The standard InChI is InChI=1S/C16H23Cl2NO2/c1-2-3-12-21-16(20)13-14-6-4-5-7-15(14)19(10-8-17)11-9-18/h4-7H,2-3,8-13H2,1H3. The molecule has 0 atom stereocenters. The van der Waals surface area contributed by atoms with Crippen molar-refractivity contribution in [1.29, 1.82) is 0 Å². The summed E-state index contributed by atoms with van der Waals surface area (Å²) < 4.78 is 5.23. The molecule has 0 fully saturated rings.